The molecule has 0 saturated carbocycles. The minimum atomic E-state index is -3.23. The number of pyridine rings is 1. The topological polar surface area (TPSA) is 67.3 Å². The van der Waals surface area contributed by atoms with Gasteiger partial charge >= 0.3 is 0 Å². The lowest BCUT2D eigenvalue weighted by molar-refractivity contribution is -0.130. The highest BCUT2D eigenvalue weighted by atomic mass is 32.2. The monoisotopic (exact) mass is 374 g/mol. The average molecular weight is 374 g/mol. The molecule has 3 rings (SSSR count). The fourth-order valence-electron chi connectivity index (χ4n) is 2.57. The van der Waals surface area contributed by atoms with Crippen molar-refractivity contribution < 1.29 is 13.2 Å². The fraction of sp³-hybridized carbons (Fsp3) is 0.222. The van der Waals surface area contributed by atoms with Gasteiger partial charge in [0.2, 0.25) is 5.91 Å². The number of carbonyl (C=O) groups is 1. The van der Waals surface area contributed by atoms with Crippen LogP contribution in [0.25, 0.3) is 0 Å². The number of carbonyl (C=O) groups excluding carboxylic acids is 1. The summed E-state index contributed by atoms with van der Waals surface area (Å²) in [6, 6.07) is 14.7. The molecule has 7 heteroatoms. The first-order valence-electron chi connectivity index (χ1n) is 7.82. The molecule has 1 atom stereocenters. The normalized spacial score (nSPS) is 18.2. The summed E-state index contributed by atoms with van der Waals surface area (Å²) < 4.78 is 23.5. The van der Waals surface area contributed by atoms with Crippen LogP contribution in [-0.4, -0.2) is 41.8 Å². The van der Waals surface area contributed by atoms with Crippen LogP contribution >= 0.6 is 11.8 Å². The van der Waals surface area contributed by atoms with Gasteiger partial charge in [-0.2, -0.15) is 0 Å². The first-order chi connectivity index (χ1) is 12.0. The van der Waals surface area contributed by atoms with Crippen LogP contribution in [0.15, 0.2) is 71.2 Å². The van der Waals surface area contributed by atoms with Crippen LogP contribution in [0.4, 0.5) is 0 Å². The zero-order chi connectivity index (χ0) is 17.7. The average Bonchev–Trinajstić information content (AvgIpc) is 2.99. The molecular weight excluding hydrogens is 356 g/mol. The molecule has 0 saturated heterocycles. The quantitative estimate of drug-likeness (QED) is 0.727. The van der Waals surface area contributed by atoms with Crippen molar-refractivity contribution in [2.45, 2.75) is 17.6 Å². The van der Waals surface area contributed by atoms with Crippen LogP contribution in [-0.2, 0) is 21.2 Å². The second kappa shape index (κ2) is 7.84. The molecule has 0 unspecified atom stereocenters. The first-order valence-corrected chi connectivity index (χ1v) is 10.5. The molecule has 0 N–H and O–H groups in total. The van der Waals surface area contributed by atoms with E-state index in [-0.39, 0.29) is 17.4 Å². The number of benzene rings is 1. The maximum absolute atomic E-state index is 12.8. The molecular formula is C18H18N2O3S2. The van der Waals surface area contributed by atoms with E-state index in [1.54, 1.807) is 17.2 Å². The lowest BCUT2D eigenvalue weighted by atomic mass is 10.2. The van der Waals surface area contributed by atoms with E-state index in [1.807, 2.05) is 48.5 Å². The first kappa shape index (κ1) is 17.7. The molecule has 0 radical (unpaired) electrons. The Kier molecular flexibility index (Phi) is 5.55. The largest absolute Gasteiger partial charge is 0.330 e. The number of hydrogen-bond acceptors (Lipinski definition) is 5. The summed E-state index contributed by atoms with van der Waals surface area (Å²) >= 11 is 1.35. The predicted molar refractivity (Wildman–Crippen MR) is 98.7 cm³/mol. The molecule has 1 aromatic carbocycles. The van der Waals surface area contributed by atoms with E-state index >= 15 is 0 Å². The van der Waals surface area contributed by atoms with Gasteiger partial charge in [-0.3, -0.25) is 4.79 Å². The van der Waals surface area contributed by atoms with Crippen molar-refractivity contribution in [3.05, 3.63) is 71.8 Å². The Hall–Kier alpha value is -2.12. The maximum Gasteiger partial charge on any atom is 0.233 e. The third-order valence-electron chi connectivity index (χ3n) is 3.81. The Morgan fingerprint density at radius 2 is 1.92 bits per heavy atom. The van der Waals surface area contributed by atoms with Gasteiger partial charge in [0.25, 0.3) is 0 Å². The molecule has 0 bridgehead atoms. The summed E-state index contributed by atoms with van der Waals surface area (Å²) in [5.41, 5.74) is 0.969. The molecule has 1 aliphatic heterocycles. The maximum atomic E-state index is 12.8. The number of hydrogen-bond donors (Lipinski definition) is 0. The van der Waals surface area contributed by atoms with Gasteiger partial charge in [-0.15, -0.1) is 0 Å². The third kappa shape index (κ3) is 4.93. The van der Waals surface area contributed by atoms with Gasteiger partial charge in [0.05, 0.1) is 22.6 Å². The summed E-state index contributed by atoms with van der Waals surface area (Å²) in [5.74, 6) is 0.0555. The Balaban J connectivity index is 1.73. The summed E-state index contributed by atoms with van der Waals surface area (Å²) in [6.07, 6.45) is 3.28. The lowest BCUT2D eigenvalue weighted by Crippen LogP contribution is -2.41. The highest BCUT2D eigenvalue weighted by Crippen LogP contribution is 2.21. The van der Waals surface area contributed by atoms with Crippen LogP contribution in [0.1, 0.15) is 5.56 Å². The summed E-state index contributed by atoms with van der Waals surface area (Å²) in [6.45, 7) is 0.382. The molecule has 0 aliphatic carbocycles. The third-order valence-corrected chi connectivity index (χ3v) is 6.12. The Bertz CT molecular complexity index is 852. The van der Waals surface area contributed by atoms with E-state index < -0.39 is 15.9 Å². The molecule has 130 valence electrons. The number of nitrogens with zero attached hydrogens (tertiary/aromatic N) is 2. The van der Waals surface area contributed by atoms with Gasteiger partial charge in [0, 0.05) is 18.1 Å². The van der Waals surface area contributed by atoms with Crippen molar-refractivity contribution in [2.24, 2.45) is 0 Å². The molecule has 1 amide bonds. The van der Waals surface area contributed by atoms with Crippen molar-refractivity contribution in [1.29, 1.82) is 0 Å². The molecule has 1 aromatic heterocycles. The minimum Gasteiger partial charge on any atom is -0.330 e. The highest BCUT2D eigenvalue weighted by molar-refractivity contribution is 7.99. The number of rotatable bonds is 6. The van der Waals surface area contributed by atoms with Crippen LogP contribution in [0, 0.1) is 0 Å². The molecule has 0 spiro atoms. The molecule has 5 nitrogen and oxygen atoms in total. The number of thioether (sulfide) groups is 1. The van der Waals surface area contributed by atoms with E-state index in [2.05, 4.69) is 4.98 Å². The molecule has 2 heterocycles. The number of sulfone groups is 1. The van der Waals surface area contributed by atoms with Gasteiger partial charge in [-0.1, -0.05) is 48.2 Å². The van der Waals surface area contributed by atoms with E-state index in [0.717, 1.165) is 10.6 Å². The minimum absolute atomic E-state index is 0.0557. The van der Waals surface area contributed by atoms with Gasteiger partial charge in [-0.05, 0) is 23.8 Å². The zero-order valence-electron chi connectivity index (χ0n) is 13.5. The molecule has 2 aromatic rings. The summed E-state index contributed by atoms with van der Waals surface area (Å²) in [5, 5.41) is 1.97. The highest BCUT2D eigenvalue weighted by Gasteiger charge is 2.30. The molecule has 1 aliphatic rings. The second-order valence-electron chi connectivity index (χ2n) is 5.69. The van der Waals surface area contributed by atoms with Gasteiger partial charge in [0.15, 0.2) is 9.84 Å². The lowest BCUT2D eigenvalue weighted by Gasteiger charge is -2.27. The van der Waals surface area contributed by atoms with E-state index in [1.165, 1.54) is 17.2 Å². The van der Waals surface area contributed by atoms with Crippen molar-refractivity contribution in [3.63, 3.8) is 0 Å². The molecule has 0 fully saturated rings. The molecule has 25 heavy (non-hydrogen) atoms. The van der Waals surface area contributed by atoms with Gasteiger partial charge in [0.1, 0.15) is 0 Å². The van der Waals surface area contributed by atoms with Crippen molar-refractivity contribution in [3.8, 4) is 0 Å². The number of aromatic nitrogens is 1. The smallest absolute Gasteiger partial charge is 0.233 e. The van der Waals surface area contributed by atoms with Gasteiger partial charge in [-0.25, -0.2) is 13.4 Å². The predicted octanol–water partition coefficient (Wildman–Crippen LogP) is 2.51. The van der Waals surface area contributed by atoms with Crippen LogP contribution in [0.2, 0.25) is 0 Å². The van der Waals surface area contributed by atoms with Crippen LogP contribution < -0.4 is 0 Å². The van der Waals surface area contributed by atoms with Crippen LogP contribution in [0.3, 0.4) is 0 Å². The fourth-order valence-corrected chi connectivity index (χ4v) is 4.62. The summed E-state index contributed by atoms with van der Waals surface area (Å²) in [7, 11) is -3.23. The standard InChI is InChI=1S/C18H18N2O3S2/c21-18(13-24-17-8-4-5-10-19-17)20(12-15-6-2-1-3-7-15)16-9-11-25(22,23)14-16/h1-11,16H,12-14H2/t16-/m1/s1. The zero-order valence-corrected chi connectivity index (χ0v) is 15.1. The Labute approximate surface area is 151 Å². The Morgan fingerprint density at radius 3 is 2.56 bits per heavy atom. The van der Waals surface area contributed by atoms with Crippen molar-refractivity contribution in [1.82, 2.24) is 9.88 Å². The van der Waals surface area contributed by atoms with Crippen molar-refractivity contribution >= 4 is 27.5 Å². The Morgan fingerprint density at radius 1 is 1.16 bits per heavy atom. The van der Waals surface area contributed by atoms with E-state index in [0.29, 0.717) is 6.54 Å². The SMILES string of the molecule is O=C(CSc1ccccn1)N(Cc1ccccc1)[C@@H]1C=CS(=O)(=O)C1. The van der Waals surface area contributed by atoms with E-state index in [4.69, 9.17) is 0 Å². The van der Waals surface area contributed by atoms with Crippen molar-refractivity contribution in [2.75, 3.05) is 11.5 Å². The summed E-state index contributed by atoms with van der Waals surface area (Å²) in [4.78, 5) is 18.6. The second-order valence-corrected chi connectivity index (χ2v) is 8.62. The van der Waals surface area contributed by atoms with Crippen LogP contribution in [0.5, 0.6) is 0 Å². The van der Waals surface area contributed by atoms with E-state index in [9.17, 15) is 13.2 Å². The van der Waals surface area contributed by atoms with Gasteiger partial charge < -0.3 is 4.90 Å². The number of amides is 1.